The lowest BCUT2D eigenvalue weighted by Gasteiger charge is -2.13. The first kappa shape index (κ1) is 16.3. The molecule has 0 aromatic heterocycles. The third kappa shape index (κ3) is 2.93. The molecule has 0 unspecified atom stereocenters. The number of nitrogens with two attached hydrogens (primary N) is 2. The lowest BCUT2D eigenvalue weighted by atomic mass is 10.1. The topological polar surface area (TPSA) is 87.6 Å². The van der Waals surface area contributed by atoms with E-state index in [4.69, 9.17) is 20.5 Å². The van der Waals surface area contributed by atoms with E-state index in [2.05, 4.69) is 0 Å². The third-order valence-corrected chi connectivity index (χ3v) is 5.00. The molecule has 0 atom stereocenters. The predicted octanol–water partition coefficient (Wildman–Crippen LogP) is 5.00. The van der Waals surface area contributed by atoms with Crippen LogP contribution in [0.3, 0.4) is 0 Å². The van der Waals surface area contributed by atoms with Crippen LogP contribution in [0.1, 0.15) is 0 Å². The molecule has 4 N–H and O–H groups in total. The fourth-order valence-corrected chi connectivity index (χ4v) is 3.72. The van der Waals surface area contributed by atoms with Crippen molar-refractivity contribution in [3.8, 4) is 11.5 Å². The minimum Gasteiger partial charge on any atom is -0.417 e. The first-order chi connectivity index (χ1) is 12.6. The van der Waals surface area contributed by atoms with Gasteiger partial charge in [0.15, 0.2) is 0 Å². The Morgan fingerprint density at radius 1 is 0.577 bits per heavy atom. The number of benzene rings is 4. The van der Waals surface area contributed by atoms with E-state index in [1.807, 2.05) is 48.5 Å². The smallest absolute Gasteiger partial charge is 0.417 e. The van der Waals surface area contributed by atoms with Crippen molar-refractivity contribution in [1.82, 2.24) is 0 Å². The molecule has 0 aliphatic carbocycles. The summed E-state index contributed by atoms with van der Waals surface area (Å²) in [7, 11) is -2.83. The molecule has 0 bridgehead atoms. The molecule has 0 spiro atoms. The van der Waals surface area contributed by atoms with E-state index in [1.54, 1.807) is 24.3 Å². The quantitative estimate of drug-likeness (QED) is 0.393. The van der Waals surface area contributed by atoms with Gasteiger partial charge in [-0.2, -0.15) is 0 Å². The maximum atomic E-state index is 12.5. The molecule has 4 rings (SSSR count). The maximum absolute atomic E-state index is 12.5. The molecule has 26 heavy (non-hydrogen) atoms. The van der Waals surface area contributed by atoms with Gasteiger partial charge in [0.1, 0.15) is 11.5 Å². The average Bonchev–Trinajstić information content (AvgIpc) is 2.67. The van der Waals surface area contributed by atoms with Gasteiger partial charge in [0.25, 0.3) is 0 Å². The van der Waals surface area contributed by atoms with E-state index in [9.17, 15) is 4.57 Å². The van der Waals surface area contributed by atoms with Crippen molar-refractivity contribution in [2.45, 2.75) is 0 Å². The third-order valence-electron chi connectivity index (χ3n) is 4.22. The molecule has 4 aromatic rings. The summed E-state index contributed by atoms with van der Waals surface area (Å²) in [4.78, 5) is 0. The highest BCUT2D eigenvalue weighted by atomic mass is 31.1. The zero-order valence-corrected chi connectivity index (χ0v) is 14.8. The second-order valence-electron chi connectivity index (χ2n) is 5.85. The molecule has 0 heterocycles. The summed E-state index contributed by atoms with van der Waals surface area (Å²) >= 11 is 0. The standard InChI is InChI=1S/C20H17N2O3P/c21-17-9-11-19(15-7-3-1-5-13(15)17)24-26(23)25-20-12-10-18(22)14-6-2-4-8-16(14)20/h1-12,26H,21-22H2. The molecule has 4 aromatic carbocycles. The summed E-state index contributed by atoms with van der Waals surface area (Å²) in [6, 6.07) is 21.9. The number of fused-ring (bicyclic) bond motifs is 2. The normalized spacial score (nSPS) is 11.1. The van der Waals surface area contributed by atoms with Crippen molar-refractivity contribution in [1.29, 1.82) is 0 Å². The van der Waals surface area contributed by atoms with Gasteiger partial charge in [0.2, 0.25) is 0 Å². The fourth-order valence-electron chi connectivity index (χ4n) is 2.97. The molecule has 6 heteroatoms. The summed E-state index contributed by atoms with van der Waals surface area (Å²) in [6.45, 7) is 0. The Hall–Kier alpha value is -3.17. The van der Waals surface area contributed by atoms with Gasteiger partial charge in [-0.1, -0.05) is 48.5 Å². The van der Waals surface area contributed by atoms with E-state index in [1.165, 1.54) is 0 Å². The van der Waals surface area contributed by atoms with Gasteiger partial charge in [0.05, 0.1) is 0 Å². The van der Waals surface area contributed by atoms with Crippen LogP contribution in [0.15, 0.2) is 72.8 Å². The van der Waals surface area contributed by atoms with Crippen molar-refractivity contribution in [2.24, 2.45) is 0 Å². The molecule has 0 saturated carbocycles. The fraction of sp³-hybridized carbons (Fsp3) is 0. The number of hydrogen-bond donors (Lipinski definition) is 2. The number of nitrogen functional groups attached to an aromatic ring is 2. The summed E-state index contributed by atoms with van der Waals surface area (Å²) in [6.07, 6.45) is 0. The lowest BCUT2D eigenvalue weighted by Crippen LogP contribution is -1.94. The van der Waals surface area contributed by atoms with E-state index < -0.39 is 8.25 Å². The van der Waals surface area contributed by atoms with Crippen LogP contribution in [0.5, 0.6) is 11.5 Å². The van der Waals surface area contributed by atoms with Crippen LogP contribution < -0.4 is 20.5 Å². The van der Waals surface area contributed by atoms with Gasteiger partial charge < -0.3 is 20.5 Å². The summed E-state index contributed by atoms with van der Waals surface area (Å²) < 4.78 is 23.7. The molecule has 0 saturated heterocycles. The SMILES string of the molecule is Nc1ccc(O[PH](=O)Oc2ccc(N)c3ccccc23)c2ccccc12. The molecular formula is C20H17N2O3P. The van der Waals surface area contributed by atoms with Crippen LogP contribution in [-0.2, 0) is 4.57 Å². The Balaban J connectivity index is 1.65. The van der Waals surface area contributed by atoms with Crippen molar-refractivity contribution in [3.63, 3.8) is 0 Å². The minimum absolute atomic E-state index is 0.471. The molecular weight excluding hydrogens is 347 g/mol. The largest absolute Gasteiger partial charge is 0.419 e. The van der Waals surface area contributed by atoms with Gasteiger partial charge >= 0.3 is 8.25 Å². The van der Waals surface area contributed by atoms with Crippen molar-refractivity contribution >= 4 is 41.2 Å². The highest BCUT2D eigenvalue weighted by molar-refractivity contribution is 7.34. The Labute approximate surface area is 151 Å². The summed E-state index contributed by atoms with van der Waals surface area (Å²) in [5, 5.41) is 3.27. The van der Waals surface area contributed by atoms with Gasteiger partial charge in [0, 0.05) is 32.9 Å². The Morgan fingerprint density at radius 2 is 0.962 bits per heavy atom. The van der Waals surface area contributed by atoms with E-state index in [0.717, 1.165) is 21.5 Å². The first-order valence-electron chi connectivity index (χ1n) is 8.07. The van der Waals surface area contributed by atoms with Crippen molar-refractivity contribution in [3.05, 3.63) is 72.8 Å². The van der Waals surface area contributed by atoms with Gasteiger partial charge in [-0.05, 0) is 24.3 Å². The van der Waals surface area contributed by atoms with Crippen molar-refractivity contribution in [2.75, 3.05) is 11.5 Å². The van der Waals surface area contributed by atoms with Crippen LogP contribution in [0.25, 0.3) is 21.5 Å². The van der Waals surface area contributed by atoms with E-state index in [-0.39, 0.29) is 0 Å². The minimum atomic E-state index is -2.83. The highest BCUT2D eigenvalue weighted by Crippen LogP contribution is 2.39. The van der Waals surface area contributed by atoms with Gasteiger partial charge in [-0.15, -0.1) is 0 Å². The molecule has 130 valence electrons. The highest BCUT2D eigenvalue weighted by Gasteiger charge is 2.12. The molecule has 0 fully saturated rings. The van der Waals surface area contributed by atoms with Crippen LogP contribution in [0.4, 0.5) is 11.4 Å². The van der Waals surface area contributed by atoms with Crippen LogP contribution >= 0.6 is 8.25 Å². The zero-order chi connectivity index (χ0) is 18.1. The summed E-state index contributed by atoms with van der Waals surface area (Å²) in [5.41, 5.74) is 13.2. The molecule has 0 radical (unpaired) electrons. The first-order valence-corrected chi connectivity index (χ1v) is 9.30. The Morgan fingerprint density at radius 3 is 1.38 bits per heavy atom. The van der Waals surface area contributed by atoms with Crippen LogP contribution in [0, 0.1) is 0 Å². The van der Waals surface area contributed by atoms with E-state index in [0.29, 0.717) is 22.9 Å². The van der Waals surface area contributed by atoms with Crippen molar-refractivity contribution < 1.29 is 13.6 Å². The van der Waals surface area contributed by atoms with E-state index >= 15 is 0 Å². The molecule has 5 nitrogen and oxygen atoms in total. The summed E-state index contributed by atoms with van der Waals surface area (Å²) in [5.74, 6) is 0.942. The maximum Gasteiger partial charge on any atom is 0.419 e. The van der Waals surface area contributed by atoms with Crippen LogP contribution in [0.2, 0.25) is 0 Å². The van der Waals surface area contributed by atoms with Gasteiger partial charge in [-0.3, -0.25) is 0 Å². The number of rotatable bonds is 4. The average molecular weight is 364 g/mol. The second-order valence-corrected chi connectivity index (χ2v) is 6.76. The Bertz CT molecular complexity index is 1060. The number of anilines is 2. The second kappa shape index (κ2) is 6.62. The molecule has 0 aliphatic heterocycles. The van der Waals surface area contributed by atoms with Crippen LogP contribution in [-0.4, -0.2) is 0 Å². The zero-order valence-electron chi connectivity index (χ0n) is 13.8. The monoisotopic (exact) mass is 364 g/mol. The lowest BCUT2D eigenvalue weighted by molar-refractivity contribution is 0.419. The molecule has 0 amide bonds. The predicted molar refractivity (Wildman–Crippen MR) is 107 cm³/mol. The van der Waals surface area contributed by atoms with Gasteiger partial charge in [-0.25, -0.2) is 4.57 Å². The molecule has 0 aliphatic rings. The Kier molecular flexibility index (Phi) is 4.15. The number of hydrogen-bond acceptors (Lipinski definition) is 5.